The second-order valence-corrected chi connectivity index (χ2v) is 3.35. The van der Waals surface area contributed by atoms with E-state index in [4.69, 9.17) is 5.73 Å². The Balaban J connectivity index is 2.47. The number of hydrogen-bond acceptors (Lipinski definition) is 2. The van der Waals surface area contributed by atoms with E-state index in [-0.39, 0.29) is 0 Å². The van der Waals surface area contributed by atoms with Crippen molar-refractivity contribution < 1.29 is 4.79 Å². The van der Waals surface area contributed by atoms with E-state index >= 15 is 0 Å². The average Bonchev–Trinajstić information content (AvgIpc) is 2.17. The number of aryl methyl sites for hydroxylation is 1. The average molecular weight is 201 g/mol. The number of nitrogens with zero attached hydrogens (tertiary/aromatic N) is 1. The second kappa shape index (κ2) is 3.57. The number of amides is 2. The molecule has 0 spiro atoms. The van der Waals surface area contributed by atoms with Crippen molar-refractivity contribution in [2.75, 3.05) is 5.32 Å². The lowest BCUT2D eigenvalue weighted by Gasteiger charge is -2.03. The molecule has 4 nitrogen and oxygen atoms in total. The van der Waals surface area contributed by atoms with Crippen LogP contribution in [0.3, 0.4) is 0 Å². The molecule has 0 fully saturated rings. The van der Waals surface area contributed by atoms with Gasteiger partial charge in [-0.05, 0) is 31.2 Å². The Morgan fingerprint density at radius 3 is 2.87 bits per heavy atom. The van der Waals surface area contributed by atoms with Gasteiger partial charge in [0.25, 0.3) is 0 Å². The van der Waals surface area contributed by atoms with Crippen LogP contribution in [-0.2, 0) is 0 Å². The summed E-state index contributed by atoms with van der Waals surface area (Å²) in [6.07, 6.45) is 0. The molecule has 15 heavy (non-hydrogen) atoms. The molecule has 1 aromatic heterocycles. The molecule has 0 bridgehead atoms. The molecule has 0 aliphatic rings. The van der Waals surface area contributed by atoms with Gasteiger partial charge in [0, 0.05) is 16.8 Å². The molecule has 4 heteroatoms. The fourth-order valence-corrected chi connectivity index (χ4v) is 1.45. The summed E-state index contributed by atoms with van der Waals surface area (Å²) in [5, 5.41) is 3.50. The number of benzene rings is 1. The number of nitrogens with one attached hydrogen (secondary N) is 1. The van der Waals surface area contributed by atoms with Gasteiger partial charge in [-0.2, -0.15) is 0 Å². The summed E-state index contributed by atoms with van der Waals surface area (Å²) in [5.74, 6) is 0. The van der Waals surface area contributed by atoms with E-state index in [9.17, 15) is 4.79 Å². The number of fused-ring (bicyclic) bond motifs is 1. The van der Waals surface area contributed by atoms with Crippen molar-refractivity contribution in [2.45, 2.75) is 6.92 Å². The predicted molar refractivity (Wildman–Crippen MR) is 59.7 cm³/mol. The molecule has 0 atom stereocenters. The second-order valence-electron chi connectivity index (χ2n) is 3.35. The number of urea groups is 1. The standard InChI is InChI=1S/C11H11N3O/c1-7-2-3-8-6-9(14-11(12)15)4-5-10(8)13-7/h2-6H,1H3,(H3,12,14,15). The van der Waals surface area contributed by atoms with E-state index in [2.05, 4.69) is 10.3 Å². The van der Waals surface area contributed by atoms with Crippen LogP contribution >= 0.6 is 0 Å². The Labute approximate surface area is 87.1 Å². The van der Waals surface area contributed by atoms with Crippen LogP contribution in [0.2, 0.25) is 0 Å². The first-order valence-corrected chi connectivity index (χ1v) is 4.59. The molecule has 3 N–H and O–H groups in total. The topological polar surface area (TPSA) is 68.0 Å². The molecule has 1 aromatic carbocycles. The van der Waals surface area contributed by atoms with Crippen molar-refractivity contribution in [3.8, 4) is 0 Å². The summed E-state index contributed by atoms with van der Waals surface area (Å²) in [5.41, 5.74) is 7.59. The van der Waals surface area contributed by atoms with Gasteiger partial charge in [0.1, 0.15) is 0 Å². The molecular weight excluding hydrogens is 190 g/mol. The van der Waals surface area contributed by atoms with E-state index in [0.717, 1.165) is 16.6 Å². The van der Waals surface area contributed by atoms with Gasteiger partial charge in [0.15, 0.2) is 0 Å². The van der Waals surface area contributed by atoms with Crippen molar-refractivity contribution in [2.24, 2.45) is 5.73 Å². The largest absolute Gasteiger partial charge is 0.351 e. The lowest BCUT2D eigenvalue weighted by atomic mass is 10.2. The van der Waals surface area contributed by atoms with E-state index in [1.54, 1.807) is 6.07 Å². The van der Waals surface area contributed by atoms with Gasteiger partial charge >= 0.3 is 6.03 Å². The molecule has 0 aliphatic heterocycles. The Bertz CT molecular complexity index is 522. The third-order valence-electron chi connectivity index (χ3n) is 2.10. The number of rotatable bonds is 1. The molecule has 0 radical (unpaired) electrons. The van der Waals surface area contributed by atoms with Gasteiger partial charge in [-0.1, -0.05) is 6.07 Å². The minimum Gasteiger partial charge on any atom is -0.351 e. The predicted octanol–water partition coefficient (Wildman–Crippen LogP) is 2.03. The summed E-state index contributed by atoms with van der Waals surface area (Å²) in [4.78, 5) is 15.0. The maximum absolute atomic E-state index is 10.7. The van der Waals surface area contributed by atoms with Crippen molar-refractivity contribution >= 4 is 22.6 Å². The van der Waals surface area contributed by atoms with E-state index in [1.807, 2.05) is 31.2 Å². The number of carbonyl (C=O) groups excluding carboxylic acids is 1. The van der Waals surface area contributed by atoms with Crippen molar-refractivity contribution in [3.05, 3.63) is 36.0 Å². The lowest BCUT2D eigenvalue weighted by Crippen LogP contribution is -2.19. The Kier molecular flexibility index (Phi) is 2.25. The van der Waals surface area contributed by atoms with Gasteiger partial charge in [-0.3, -0.25) is 4.98 Å². The molecular formula is C11H11N3O. The summed E-state index contributed by atoms with van der Waals surface area (Å²) < 4.78 is 0. The van der Waals surface area contributed by atoms with Crippen LogP contribution in [0.5, 0.6) is 0 Å². The van der Waals surface area contributed by atoms with Gasteiger partial charge < -0.3 is 11.1 Å². The van der Waals surface area contributed by atoms with E-state index in [1.165, 1.54) is 0 Å². The first-order valence-electron chi connectivity index (χ1n) is 4.59. The van der Waals surface area contributed by atoms with Crippen LogP contribution < -0.4 is 11.1 Å². The smallest absolute Gasteiger partial charge is 0.316 e. The highest BCUT2D eigenvalue weighted by Gasteiger charge is 1.99. The van der Waals surface area contributed by atoms with Crippen LogP contribution in [0.25, 0.3) is 10.9 Å². The number of hydrogen-bond donors (Lipinski definition) is 2. The molecule has 76 valence electrons. The molecule has 0 unspecified atom stereocenters. The molecule has 0 saturated heterocycles. The molecule has 0 saturated carbocycles. The lowest BCUT2D eigenvalue weighted by molar-refractivity contribution is 0.259. The fraction of sp³-hybridized carbons (Fsp3) is 0.0909. The first kappa shape index (κ1) is 9.45. The normalized spacial score (nSPS) is 10.2. The fourth-order valence-electron chi connectivity index (χ4n) is 1.45. The van der Waals surface area contributed by atoms with Gasteiger partial charge in [-0.15, -0.1) is 0 Å². The van der Waals surface area contributed by atoms with Crippen molar-refractivity contribution in [3.63, 3.8) is 0 Å². The highest BCUT2D eigenvalue weighted by molar-refractivity contribution is 5.91. The summed E-state index contributed by atoms with van der Waals surface area (Å²) in [6.45, 7) is 1.94. The van der Waals surface area contributed by atoms with E-state index in [0.29, 0.717) is 5.69 Å². The van der Waals surface area contributed by atoms with Crippen LogP contribution in [-0.4, -0.2) is 11.0 Å². The Hall–Kier alpha value is -2.10. The zero-order valence-electron chi connectivity index (χ0n) is 8.32. The Morgan fingerprint density at radius 1 is 1.33 bits per heavy atom. The van der Waals surface area contributed by atoms with Crippen molar-refractivity contribution in [1.29, 1.82) is 0 Å². The molecule has 1 heterocycles. The summed E-state index contributed by atoms with van der Waals surface area (Å²) in [7, 11) is 0. The minimum atomic E-state index is -0.561. The molecule has 2 amide bonds. The molecule has 0 aliphatic carbocycles. The van der Waals surface area contributed by atoms with Crippen LogP contribution in [0.15, 0.2) is 30.3 Å². The Morgan fingerprint density at radius 2 is 2.13 bits per heavy atom. The first-order chi connectivity index (χ1) is 7.15. The third-order valence-corrected chi connectivity index (χ3v) is 2.10. The minimum absolute atomic E-state index is 0.561. The SMILES string of the molecule is Cc1ccc2cc(NC(N)=O)ccc2n1. The molecule has 2 aromatic rings. The van der Waals surface area contributed by atoms with Gasteiger partial charge in [-0.25, -0.2) is 4.79 Å². The van der Waals surface area contributed by atoms with Gasteiger partial charge in [0.2, 0.25) is 0 Å². The number of pyridine rings is 1. The van der Waals surface area contributed by atoms with Crippen LogP contribution in [0.4, 0.5) is 10.5 Å². The summed E-state index contributed by atoms with van der Waals surface area (Å²) >= 11 is 0. The number of carbonyl (C=O) groups is 1. The zero-order valence-corrected chi connectivity index (χ0v) is 8.32. The number of anilines is 1. The van der Waals surface area contributed by atoms with Gasteiger partial charge in [0.05, 0.1) is 5.52 Å². The maximum Gasteiger partial charge on any atom is 0.316 e. The van der Waals surface area contributed by atoms with Crippen molar-refractivity contribution in [1.82, 2.24) is 4.98 Å². The summed E-state index contributed by atoms with van der Waals surface area (Å²) in [6, 6.07) is 8.80. The highest BCUT2D eigenvalue weighted by Crippen LogP contribution is 2.17. The van der Waals surface area contributed by atoms with Crippen LogP contribution in [0.1, 0.15) is 5.69 Å². The van der Waals surface area contributed by atoms with E-state index < -0.39 is 6.03 Å². The number of aromatic nitrogens is 1. The number of primary amides is 1. The number of nitrogens with two attached hydrogens (primary N) is 1. The van der Waals surface area contributed by atoms with Crippen LogP contribution in [0, 0.1) is 6.92 Å². The quantitative estimate of drug-likeness (QED) is 0.741. The highest BCUT2D eigenvalue weighted by atomic mass is 16.2. The third kappa shape index (κ3) is 2.04. The zero-order chi connectivity index (χ0) is 10.8. The monoisotopic (exact) mass is 201 g/mol. The maximum atomic E-state index is 10.7. The molecule has 2 rings (SSSR count).